The maximum atomic E-state index is 5.34. The van der Waals surface area contributed by atoms with E-state index in [0.29, 0.717) is 5.92 Å². The Morgan fingerprint density at radius 1 is 1.00 bits per heavy atom. The van der Waals surface area contributed by atoms with Crippen molar-refractivity contribution in [3.05, 3.63) is 59.0 Å². The van der Waals surface area contributed by atoms with E-state index in [9.17, 15) is 0 Å². The summed E-state index contributed by atoms with van der Waals surface area (Å²) in [7, 11) is 0. The lowest BCUT2D eigenvalue weighted by Gasteiger charge is -2.11. The predicted molar refractivity (Wildman–Crippen MR) is 74.7 cm³/mol. The second-order valence-electron chi connectivity index (χ2n) is 4.62. The van der Waals surface area contributed by atoms with Crippen LogP contribution in [0.3, 0.4) is 0 Å². The molecule has 0 radical (unpaired) electrons. The molecule has 2 heteroatoms. The van der Waals surface area contributed by atoms with Crippen LogP contribution in [0.15, 0.2) is 41.0 Å². The number of halogens is 1. The quantitative estimate of drug-likeness (QED) is 0.709. The molecule has 0 aliphatic carbocycles. The van der Waals surface area contributed by atoms with Crippen LogP contribution in [-0.4, -0.2) is 0 Å². The van der Waals surface area contributed by atoms with Gasteiger partial charge in [-0.15, -0.1) is 0 Å². The molecule has 17 heavy (non-hydrogen) atoms. The van der Waals surface area contributed by atoms with Crippen LogP contribution in [0.5, 0.6) is 0 Å². The molecule has 0 amide bonds. The summed E-state index contributed by atoms with van der Waals surface area (Å²) in [5.74, 6) is 1.55. The van der Waals surface area contributed by atoms with Gasteiger partial charge in [0.2, 0.25) is 0 Å². The predicted octanol–water partition coefficient (Wildman–Crippen LogP) is 5.20. The Hall–Kier alpha value is -1.02. The Morgan fingerprint density at radius 3 is 2.06 bits per heavy atom. The maximum absolute atomic E-state index is 5.34. The lowest BCUT2D eigenvalue weighted by atomic mass is 9.99. The number of hydrogen-bond acceptors (Lipinski definition) is 1. The Morgan fingerprint density at radius 2 is 1.59 bits per heavy atom. The van der Waals surface area contributed by atoms with Crippen molar-refractivity contribution in [2.75, 3.05) is 0 Å². The highest BCUT2D eigenvalue weighted by Crippen LogP contribution is 2.33. The third kappa shape index (κ3) is 2.63. The van der Waals surface area contributed by atoms with Crippen LogP contribution in [0.4, 0.5) is 0 Å². The largest absolute Gasteiger partial charge is 0.469 e. The van der Waals surface area contributed by atoms with Crippen molar-refractivity contribution in [1.29, 1.82) is 0 Å². The summed E-state index contributed by atoms with van der Waals surface area (Å²) in [4.78, 5) is 0.211. The molecule has 1 atom stereocenters. The number of rotatable bonds is 3. The fourth-order valence-corrected chi connectivity index (χ4v) is 2.67. The van der Waals surface area contributed by atoms with Crippen molar-refractivity contribution < 1.29 is 4.42 Å². The minimum absolute atomic E-state index is 0.211. The highest BCUT2D eigenvalue weighted by atomic mass is 79.9. The molecule has 0 N–H and O–H groups in total. The van der Waals surface area contributed by atoms with Gasteiger partial charge in [-0.3, -0.25) is 0 Å². The van der Waals surface area contributed by atoms with E-state index in [1.165, 1.54) is 16.7 Å². The van der Waals surface area contributed by atoms with Crippen molar-refractivity contribution in [2.45, 2.75) is 31.5 Å². The molecular formula is C15H17BrO. The first-order valence-electron chi connectivity index (χ1n) is 5.87. The van der Waals surface area contributed by atoms with E-state index in [1.54, 1.807) is 6.26 Å². The fraction of sp³-hybridized carbons (Fsp3) is 0.333. The minimum atomic E-state index is 0.211. The van der Waals surface area contributed by atoms with E-state index in [1.807, 2.05) is 13.0 Å². The summed E-state index contributed by atoms with van der Waals surface area (Å²) in [5, 5.41) is 0. The van der Waals surface area contributed by atoms with Crippen LogP contribution >= 0.6 is 15.9 Å². The van der Waals surface area contributed by atoms with Gasteiger partial charge in [0.25, 0.3) is 0 Å². The third-order valence-corrected chi connectivity index (χ3v) is 4.09. The molecule has 1 nitrogen and oxygen atoms in total. The van der Waals surface area contributed by atoms with E-state index >= 15 is 0 Å². The zero-order valence-electron chi connectivity index (χ0n) is 10.4. The van der Waals surface area contributed by atoms with Gasteiger partial charge in [-0.05, 0) is 30.0 Å². The first-order valence-corrected chi connectivity index (χ1v) is 6.79. The SMILES string of the molecule is Cc1occc1C(Br)c1ccc(C(C)C)cc1. The molecule has 90 valence electrons. The van der Waals surface area contributed by atoms with Crippen molar-refractivity contribution in [3.8, 4) is 0 Å². The van der Waals surface area contributed by atoms with Crippen LogP contribution in [0.2, 0.25) is 0 Å². The Kier molecular flexibility index (Phi) is 3.72. The lowest BCUT2D eigenvalue weighted by Crippen LogP contribution is -1.94. The first-order chi connectivity index (χ1) is 8.09. The summed E-state index contributed by atoms with van der Waals surface area (Å²) in [5.41, 5.74) is 3.83. The van der Waals surface area contributed by atoms with Gasteiger partial charge in [-0.1, -0.05) is 54.0 Å². The number of hydrogen-bond donors (Lipinski definition) is 0. The average Bonchev–Trinajstić information content (AvgIpc) is 2.74. The summed E-state index contributed by atoms with van der Waals surface area (Å²) in [6, 6.07) is 10.8. The van der Waals surface area contributed by atoms with Gasteiger partial charge >= 0.3 is 0 Å². The monoisotopic (exact) mass is 292 g/mol. The smallest absolute Gasteiger partial charge is 0.105 e. The zero-order chi connectivity index (χ0) is 12.4. The standard InChI is InChI=1S/C15H17BrO/c1-10(2)12-4-6-13(7-5-12)15(16)14-8-9-17-11(14)3/h4-10,15H,1-3H3. The highest BCUT2D eigenvalue weighted by Gasteiger charge is 2.14. The summed E-state index contributed by atoms with van der Waals surface area (Å²) < 4.78 is 5.34. The van der Waals surface area contributed by atoms with E-state index in [-0.39, 0.29) is 4.83 Å². The van der Waals surface area contributed by atoms with Crippen LogP contribution < -0.4 is 0 Å². The lowest BCUT2D eigenvalue weighted by molar-refractivity contribution is 0.530. The van der Waals surface area contributed by atoms with Crippen LogP contribution in [0, 0.1) is 6.92 Å². The molecule has 1 aromatic heterocycles. The third-order valence-electron chi connectivity index (χ3n) is 3.07. The van der Waals surface area contributed by atoms with Gasteiger partial charge < -0.3 is 4.42 Å². The molecule has 0 saturated heterocycles. The normalized spacial score (nSPS) is 13.0. The minimum Gasteiger partial charge on any atom is -0.469 e. The molecule has 1 aromatic carbocycles. The number of aryl methyl sites for hydroxylation is 1. The van der Waals surface area contributed by atoms with E-state index < -0.39 is 0 Å². The van der Waals surface area contributed by atoms with Crippen molar-refractivity contribution in [1.82, 2.24) is 0 Å². The molecule has 0 saturated carbocycles. The van der Waals surface area contributed by atoms with Crippen molar-refractivity contribution in [2.24, 2.45) is 0 Å². The Labute approximate surface area is 111 Å². The van der Waals surface area contributed by atoms with Crippen LogP contribution in [0.25, 0.3) is 0 Å². The topological polar surface area (TPSA) is 13.1 Å². The molecule has 0 aliphatic heterocycles. The van der Waals surface area contributed by atoms with E-state index in [0.717, 1.165) is 5.76 Å². The highest BCUT2D eigenvalue weighted by molar-refractivity contribution is 9.09. The van der Waals surface area contributed by atoms with E-state index in [2.05, 4.69) is 54.0 Å². The van der Waals surface area contributed by atoms with Gasteiger partial charge in [0.15, 0.2) is 0 Å². The van der Waals surface area contributed by atoms with E-state index in [4.69, 9.17) is 4.42 Å². The second kappa shape index (κ2) is 5.09. The Bertz CT molecular complexity index is 482. The molecule has 0 bridgehead atoms. The first kappa shape index (κ1) is 12.4. The van der Waals surface area contributed by atoms with Crippen LogP contribution in [-0.2, 0) is 0 Å². The zero-order valence-corrected chi connectivity index (χ0v) is 12.0. The summed E-state index contributed by atoms with van der Waals surface area (Å²) in [6.45, 7) is 6.41. The van der Waals surface area contributed by atoms with Gasteiger partial charge in [0.1, 0.15) is 5.76 Å². The second-order valence-corrected chi connectivity index (χ2v) is 5.53. The average molecular weight is 293 g/mol. The van der Waals surface area contributed by atoms with Gasteiger partial charge in [-0.2, -0.15) is 0 Å². The molecule has 0 aliphatic rings. The van der Waals surface area contributed by atoms with Crippen molar-refractivity contribution >= 4 is 15.9 Å². The van der Waals surface area contributed by atoms with Crippen molar-refractivity contribution in [3.63, 3.8) is 0 Å². The Balaban J connectivity index is 2.26. The molecule has 2 aromatic rings. The van der Waals surface area contributed by atoms with Gasteiger partial charge in [-0.25, -0.2) is 0 Å². The molecule has 0 spiro atoms. The number of furan rings is 1. The summed E-state index contributed by atoms with van der Waals surface area (Å²) in [6.07, 6.45) is 1.74. The summed E-state index contributed by atoms with van der Waals surface area (Å²) >= 11 is 3.73. The molecular weight excluding hydrogens is 276 g/mol. The molecule has 1 heterocycles. The fourth-order valence-electron chi connectivity index (χ4n) is 1.89. The van der Waals surface area contributed by atoms with Gasteiger partial charge in [0.05, 0.1) is 11.1 Å². The molecule has 0 fully saturated rings. The van der Waals surface area contributed by atoms with Crippen LogP contribution in [0.1, 0.15) is 47.0 Å². The number of benzene rings is 1. The number of alkyl halides is 1. The molecule has 2 rings (SSSR count). The molecule has 1 unspecified atom stereocenters. The maximum Gasteiger partial charge on any atom is 0.105 e. The van der Waals surface area contributed by atoms with Gasteiger partial charge in [0, 0.05) is 5.56 Å².